The van der Waals surface area contributed by atoms with E-state index in [0.29, 0.717) is 48.0 Å². The Hall–Kier alpha value is -2.15. The summed E-state index contributed by atoms with van der Waals surface area (Å²) in [6.07, 6.45) is 2.23. The zero-order chi connectivity index (χ0) is 15.2. The highest BCUT2D eigenvalue weighted by atomic mass is 16.5. The molecule has 7 heteroatoms. The molecule has 0 aliphatic heterocycles. The standard InChI is InChI=1S/C14H19N3O4/c1-4-20-14(18)10-9(2)21-13-11(10)12(16-8-17-13)15-6-5-7-19-3/h8H,4-7H2,1-3H3,(H,15,16,17). The third-order valence-corrected chi connectivity index (χ3v) is 2.96. The summed E-state index contributed by atoms with van der Waals surface area (Å²) in [6, 6.07) is 0. The molecule has 0 atom stereocenters. The van der Waals surface area contributed by atoms with E-state index in [-0.39, 0.29) is 0 Å². The third kappa shape index (κ3) is 3.30. The number of nitrogens with one attached hydrogen (secondary N) is 1. The lowest BCUT2D eigenvalue weighted by atomic mass is 10.2. The normalized spacial score (nSPS) is 10.8. The number of anilines is 1. The molecule has 2 heterocycles. The van der Waals surface area contributed by atoms with Crippen LogP contribution in [-0.2, 0) is 9.47 Å². The van der Waals surface area contributed by atoms with E-state index in [9.17, 15) is 4.79 Å². The molecule has 114 valence electrons. The second-order valence-electron chi connectivity index (χ2n) is 4.43. The first-order chi connectivity index (χ1) is 10.2. The van der Waals surface area contributed by atoms with Crippen molar-refractivity contribution in [2.24, 2.45) is 0 Å². The molecule has 21 heavy (non-hydrogen) atoms. The van der Waals surface area contributed by atoms with E-state index in [2.05, 4.69) is 15.3 Å². The van der Waals surface area contributed by atoms with E-state index >= 15 is 0 Å². The summed E-state index contributed by atoms with van der Waals surface area (Å²) in [5, 5.41) is 3.74. The number of carbonyl (C=O) groups excluding carboxylic acids is 1. The van der Waals surface area contributed by atoms with Gasteiger partial charge in [-0.05, 0) is 20.3 Å². The monoisotopic (exact) mass is 293 g/mol. The highest BCUT2D eigenvalue weighted by molar-refractivity contribution is 6.07. The lowest BCUT2D eigenvalue weighted by Crippen LogP contribution is -2.09. The SMILES string of the molecule is CCOC(=O)c1c(C)oc2ncnc(NCCCOC)c12. The van der Waals surface area contributed by atoms with Gasteiger partial charge in [0.15, 0.2) is 0 Å². The van der Waals surface area contributed by atoms with Crippen molar-refractivity contribution < 1.29 is 18.7 Å². The lowest BCUT2D eigenvalue weighted by Gasteiger charge is -2.07. The molecule has 0 spiro atoms. The second-order valence-corrected chi connectivity index (χ2v) is 4.43. The van der Waals surface area contributed by atoms with Crippen molar-refractivity contribution in [3.8, 4) is 0 Å². The first-order valence-corrected chi connectivity index (χ1v) is 6.83. The molecule has 0 bridgehead atoms. The van der Waals surface area contributed by atoms with Crippen molar-refractivity contribution in [3.05, 3.63) is 17.7 Å². The van der Waals surface area contributed by atoms with Gasteiger partial charge in [-0.15, -0.1) is 0 Å². The molecule has 0 aliphatic rings. The minimum absolute atomic E-state index is 0.301. The Morgan fingerprint density at radius 1 is 1.43 bits per heavy atom. The van der Waals surface area contributed by atoms with Crippen molar-refractivity contribution in [2.45, 2.75) is 20.3 Å². The zero-order valence-corrected chi connectivity index (χ0v) is 12.4. The molecule has 0 aliphatic carbocycles. The van der Waals surface area contributed by atoms with Crippen LogP contribution in [0.15, 0.2) is 10.7 Å². The van der Waals surface area contributed by atoms with Crippen molar-refractivity contribution in [2.75, 3.05) is 32.2 Å². The average molecular weight is 293 g/mol. The van der Waals surface area contributed by atoms with Crippen LogP contribution in [0.3, 0.4) is 0 Å². The van der Waals surface area contributed by atoms with Gasteiger partial charge in [-0.3, -0.25) is 0 Å². The first kappa shape index (κ1) is 15.2. The fourth-order valence-electron chi connectivity index (χ4n) is 2.05. The second kappa shape index (κ2) is 7.03. The fourth-order valence-corrected chi connectivity index (χ4v) is 2.05. The Kier molecular flexibility index (Phi) is 5.10. The van der Waals surface area contributed by atoms with Gasteiger partial charge in [-0.25, -0.2) is 14.8 Å². The molecule has 1 N–H and O–H groups in total. The molecule has 0 aromatic carbocycles. The van der Waals surface area contributed by atoms with Crippen LogP contribution < -0.4 is 5.32 Å². The number of hydrogen-bond donors (Lipinski definition) is 1. The van der Waals surface area contributed by atoms with E-state index in [1.165, 1.54) is 6.33 Å². The Bertz CT molecular complexity index is 624. The van der Waals surface area contributed by atoms with Crippen molar-refractivity contribution in [1.29, 1.82) is 0 Å². The number of aromatic nitrogens is 2. The van der Waals surface area contributed by atoms with Gasteiger partial charge in [-0.1, -0.05) is 0 Å². The maximum atomic E-state index is 12.1. The molecular formula is C14H19N3O4. The molecule has 2 rings (SSSR count). The van der Waals surface area contributed by atoms with Crippen molar-refractivity contribution in [3.63, 3.8) is 0 Å². The van der Waals surface area contributed by atoms with Crippen molar-refractivity contribution >= 4 is 22.9 Å². The number of carbonyl (C=O) groups is 1. The third-order valence-electron chi connectivity index (χ3n) is 2.96. The molecule has 0 radical (unpaired) electrons. The molecule has 7 nitrogen and oxygen atoms in total. The summed E-state index contributed by atoms with van der Waals surface area (Å²) >= 11 is 0. The van der Waals surface area contributed by atoms with E-state index in [1.807, 2.05) is 0 Å². The minimum atomic E-state index is -0.427. The topological polar surface area (TPSA) is 86.5 Å². The van der Waals surface area contributed by atoms with Gasteiger partial charge < -0.3 is 19.2 Å². The van der Waals surface area contributed by atoms with Gasteiger partial charge >= 0.3 is 5.97 Å². The first-order valence-electron chi connectivity index (χ1n) is 6.83. The smallest absolute Gasteiger partial charge is 0.342 e. The average Bonchev–Trinajstić information content (AvgIpc) is 2.80. The van der Waals surface area contributed by atoms with E-state index < -0.39 is 5.97 Å². The highest BCUT2D eigenvalue weighted by Crippen LogP contribution is 2.29. The maximum absolute atomic E-state index is 12.1. The zero-order valence-electron chi connectivity index (χ0n) is 12.4. The Labute approximate surface area is 122 Å². The van der Waals surface area contributed by atoms with Gasteiger partial charge in [0, 0.05) is 20.3 Å². The van der Waals surface area contributed by atoms with Gasteiger partial charge in [0.25, 0.3) is 0 Å². The molecular weight excluding hydrogens is 274 g/mol. The molecule has 0 saturated heterocycles. The summed E-state index contributed by atoms with van der Waals surface area (Å²) in [6.45, 7) is 5.09. The van der Waals surface area contributed by atoms with Crippen LogP contribution in [0.1, 0.15) is 29.5 Å². The van der Waals surface area contributed by atoms with E-state index in [4.69, 9.17) is 13.9 Å². The summed E-state index contributed by atoms with van der Waals surface area (Å²) in [7, 11) is 1.65. The van der Waals surface area contributed by atoms with Gasteiger partial charge in [0.05, 0.1) is 12.0 Å². The molecule has 2 aromatic rings. The Morgan fingerprint density at radius 3 is 2.95 bits per heavy atom. The minimum Gasteiger partial charge on any atom is -0.462 e. The van der Waals surface area contributed by atoms with Crippen LogP contribution in [0.2, 0.25) is 0 Å². The van der Waals surface area contributed by atoms with Gasteiger partial charge in [-0.2, -0.15) is 0 Å². The summed E-state index contributed by atoms with van der Waals surface area (Å²) in [5.74, 6) is 0.614. The van der Waals surface area contributed by atoms with Crippen molar-refractivity contribution in [1.82, 2.24) is 9.97 Å². The van der Waals surface area contributed by atoms with Crippen LogP contribution in [-0.4, -0.2) is 42.8 Å². The number of furan rings is 1. The van der Waals surface area contributed by atoms with Crippen LogP contribution in [0.5, 0.6) is 0 Å². The van der Waals surface area contributed by atoms with Gasteiger partial charge in [0.2, 0.25) is 5.71 Å². The summed E-state index contributed by atoms with van der Waals surface area (Å²) in [5.41, 5.74) is 0.751. The molecule has 0 fully saturated rings. The van der Waals surface area contributed by atoms with Gasteiger partial charge in [0.1, 0.15) is 23.5 Å². The summed E-state index contributed by atoms with van der Waals surface area (Å²) < 4.78 is 15.6. The number of ether oxygens (including phenoxy) is 2. The fraction of sp³-hybridized carbons (Fsp3) is 0.500. The highest BCUT2D eigenvalue weighted by Gasteiger charge is 2.23. The quantitative estimate of drug-likeness (QED) is 0.618. The summed E-state index contributed by atoms with van der Waals surface area (Å²) in [4.78, 5) is 20.3. The van der Waals surface area contributed by atoms with E-state index in [0.717, 1.165) is 6.42 Å². The van der Waals surface area contributed by atoms with Crippen LogP contribution in [0.25, 0.3) is 11.1 Å². The van der Waals surface area contributed by atoms with Crippen LogP contribution >= 0.6 is 0 Å². The van der Waals surface area contributed by atoms with E-state index in [1.54, 1.807) is 21.0 Å². The molecule has 0 amide bonds. The number of esters is 1. The van der Waals surface area contributed by atoms with Crippen LogP contribution in [0.4, 0.5) is 5.82 Å². The number of nitrogens with zero attached hydrogens (tertiary/aromatic N) is 2. The number of rotatable bonds is 7. The molecule has 0 saturated carbocycles. The number of methoxy groups -OCH3 is 1. The molecule has 0 unspecified atom stereocenters. The van der Waals surface area contributed by atoms with Crippen LogP contribution in [0, 0.1) is 6.92 Å². The number of fused-ring (bicyclic) bond motifs is 1. The maximum Gasteiger partial charge on any atom is 0.342 e. The Morgan fingerprint density at radius 2 is 2.24 bits per heavy atom. The molecule has 2 aromatic heterocycles. The predicted molar refractivity (Wildman–Crippen MR) is 77.5 cm³/mol. The number of aryl methyl sites for hydroxylation is 1. The predicted octanol–water partition coefficient (Wildman–Crippen LogP) is 2.16. The largest absolute Gasteiger partial charge is 0.462 e. The Balaban J connectivity index is 2.34. The number of hydrogen-bond acceptors (Lipinski definition) is 7. The lowest BCUT2D eigenvalue weighted by molar-refractivity contribution is 0.0526.